The SMILES string of the molecule is NCCCCOc1ccccc1C(=O)Nc1ccc(C(=O)N2CCCCc3ccccc32)cc1. The van der Waals surface area contributed by atoms with Gasteiger partial charge in [-0.1, -0.05) is 30.3 Å². The lowest BCUT2D eigenvalue weighted by Gasteiger charge is -2.23. The first-order valence-corrected chi connectivity index (χ1v) is 11.9. The second-order valence-corrected chi connectivity index (χ2v) is 8.41. The van der Waals surface area contributed by atoms with Gasteiger partial charge in [0.2, 0.25) is 0 Å². The molecule has 176 valence electrons. The van der Waals surface area contributed by atoms with Crippen LogP contribution in [0.4, 0.5) is 11.4 Å². The zero-order valence-electron chi connectivity index (χ0n) is 19.3. The van der Waals surface area contributed by atoms with Gasteiger partial charge in [0.05, 0.1) is 12.2 Å². The Hall–Kier alpha value is -3.64. The van der Waals surface area contributed by atoms with E-state index < -0.39 is 0 Å². The summed E-state index contributed by atoms with van der Waals surface area (Å²) in [6, 6.07) is 22.3. The fourth-order valence-corrected chi connectivity index (χ4v) is 4.16. The summed E-state index contributed by atoms with van der Waals surface area (Å²) in [5.41, 5.74) is 9.41. The number of nitrogens with zero attached hydrogens (tertiary/aromatic N) is 1. The quantitative estimate of drug-likeness (QED) is 0.464. The summed E-state index contributed by atoms with van der Waals surface area (Å²) in [6.45, 7) is 1.84. The van der Waals surface area contributed by atoms with Crippen LogP contribution in [0.5, 0.6) is 5.75 Å². The summed E-state index contributed by atoms with van der Waals surface area (Å²) in [7, 11) is 0. The van der Waals surface area contributed by atoms with E-state index in [0.717, 1.165) is 37.8 Å². The van der Waals surface area contributed by atoms with Crippen LogP contribution < -0.4 is 20.7 Å². The molecule has 0 radical (unpaired) electrons. The molecule has 0 spiro atoms. The average Bonchev–Trinajstić information content (AvgIpc) is 3.09. The van der Waals surface area contributed by atoms with E-state index in [9.17, 15) is 9.59 Å². The number of aryl methyl sites for hydroxylation is 1. The molecule has 4 rings (SSSR count). The van der Waals surface area contributed by atoms with Gasteiger partial charge in [-0.25, -0.2) is 0 Å². The lowest BCUT2D eigenvalue weighted by Crippen LogP contribution is -2.31. The molecular formula is C28H31N3O3. The number of carbonyl (C=O) groups is 2. The van der Waals surface area contributed by atoms with Crippen LogP contribution in [0.3, 0.4) is 0 Å². The molecule has 3 N–H and O–H groups in total. The largest absolute Gasteiger partial charge is 0.493 e. The fraction of sp³-hybridized carbons (Fsp3) is 0.286. The van der Waals surface area contributed by atoms with Crippen LogP contribution in [0.25, 0.3) is 0 Å². The molecule has 0 fully saturated rings. The number of ether oxygens (including phenoxy) is 1. The van der Waals surface area contributed by atoms with Crippen LogP contribution in [-0.2, 0) is 6.42 Å². The lowest BCUT2D eigenvalue weighted by molar-refractivity contribution is 0.0985. The van der Waals surface area contributed by atoms with Gasteiger partial charge in [-0.05, 0) is 86.7 Å². The zero-order valence-corrected chi connectivity index (χ0v) is 19.3. The third-order valence-electron chi connectivity index (χ3n) is 5.98. The Morgan fingerprint density at radius 3 is 2.50 bits per heavy atom. The molecule has 0 aliphatic carbocycles. The van der Waals surface area contributed by atoms with Crippen molar-refractivity contribution < 1.29 is 14.3 Å². The van der Waals surface area contributed by atoms with E-state index in [1.807, 2.05) is 35.2 Å². The molecule has 0 saturated heterocycles. The van der Waals surface area contributed by atoms with Crippen molar-refractivity contribution in [2.75, 3.05) is 29.9 Å². The minimum absolute atomic E-state index is 0.0246. The van der Waals surface area contributed by atoms with Gasteiger partial charge in [0.1, 0.15) is 5.75 Å². The fourth-order valence-electron chi connectivity index (χ4n) is 4.16. The molecule has 2 amide bonds. The van der Waals surface area contributed by atoms with Crippen molar-refractivity contribution in [1.82, 2.24) is 0 Å². The molecule has 1 aliphatic heterocycles. The molecule has 34 heavy (non-hydrogen) atoms. The summed E-state index contributed by atoms with van der Waals surface area (Å²) in [4.78, 5) is 28.0. The van der Waals surface area contributed by atoms with Crippen LogP contribution in [0.2, 0.25) is 0 Å². The first-order chi connectivity index (χ1) is 16.7. The summed E-state index contributed by atoms with van der Waals surface area (Å²) in [6.07, 6.45) is 4.75. The maximum atomic E-state index is 13.3. The molecule has 3 aromatic rings. The van der Waals surface area contributed by atoms with E-state index in [1.54, 1.807) is 36.4 Å². The van der Waals surface area contributed by atoms with Crippen molar-refractivity contribution in [3.05, 3.63) is 89.5 Å². The Bertz CT molecular complexity index is 1130. The average molecular weight is 458 g/mol. The van der Waals surface area contributed by atoms with Crippen molar-refractivity contribution in [3.63, 3.8) is 0 Å². The Labute approximate surface area is 200 Å². The number of nitrogens with two attached hydrogens (primary N) is 1. The number of unbranched alkanes of at least 4 members (excludes halogenated alkanes) is 1. The molecule has 6 nitrogen and oxygen atoms in total. The summed E-state index contributed by atoms with van der Waals surface area (Å²) in [5.74, 6) is 0.266. The second kappa shape index (κ2) is 11.5. The number of fused-ring (bicyclic) bond motifs is 1. The summed E-state index contributed by atoms with van der Waals surface area (Å²) in [5, 5.41) is 2.91. The topological polar surface area (TPSA) is 84.7 Å². The van der Waals surface area contributed by atoms with Gasteiger partial charge in [0.15, 0.2) is 0 Å². The van der Waals surface area contributed by atoms with E-state index in [-0.39, 0.29) is 11.8 Å². The normalized spacial score (nSPS) is 13.0. The predicted octanol–water partition coefficient (Wildman–Crippen LogP) is 5.04. The maximum absolute atomic E-state index is 13.3. The van der Waals surface area contributed by atoms with Crippen LogP contribution in [0, 0.1) is 0 Å². The maximum Gasteiger partial charge on any atom is 0.259 e. The minimum Gasteiger partial charge on any atom is -0.493 e. The molecule has 0 bridgehead atoms. The van der Waals surface area contributed by atoms with E-state index in [4.69, 9.17) is 10.5 Å². The van der Waals surface area contributed by atoms with Crippen molar-refractivity contribution in [2.24, 2.45) is 5.73 Å². The van der Waals surface area contributed by atoms with E-state index >= 15 is 0 Å². The number of anilines is 2. The predicted molar refractivity (Wildman–Crippen MR) is 136 cm³/mol. The van der Waals surface area contributed by atoms with Crippen LogP contribution >= 0.6 is 0 Å². The highest BCUT2D eigenvalue weighted by atomic mass is 16.5. The molecule has 6 heteroatoms. The van der Waals surface area contributed by atoms with Gasteiger partial charge in [-0.15, -0.1) is 0 Å². The third kappa shape index (κ3) is 5.64. The van der Waals surface area contributed by atoms with Gasteiger partial charge < -0.3 is 20.7 Å². The number of hydrogen-bond acceptors (Lipinski definition) is 4. The van der Waals surface area contributed by atoms with Crippen LogP contribution in [0.1, 0.15) is 52.0 Å². The number of amides is 2. The van der Waals surface area contributed by atoms with E-state index in [0.29, 0.717) is 42.3 Å². The lowest BCUT2D eigenvalue weighted by atomic mass is 10.1. The molecule has 3 aromatic carbocycles. The number of hydrogen-bond donors (Lipinski definition) is 2. The number of nitrogens with one attached hydrogen (secondary N) is 1. The van der Waals surface area contributed by atoms with Gasteiger partial charge in [-0.3, -0.25) is 9.59 Å². The monoisotopic (exact) mass is 457 g/mol. The van der Waals surface area contributed by atoms with Crippen LogP contribution in [-0.4, -0.2) is 31.5 Å². The van der Waals surface area contributed by atoms with Crippen molar-refractivity contribution in [3.8, 4) is 5.75 Å². The number of benzene rings is 3. The molecule has 0 aromatic heterocycles. The molecule has 0 unspecified atom stereocenters. The van der Waals surface area contributed by atoms with Crippen molar-refractivity contribution in [1.29, 1.82) is 0 Å². The standard InChI is InChI=1S/C28H31N3O3/c29-18-6-8-20-34-26-13-4-2-11-24(26)27(32)30-23-16-14-22(15-17-23)28(33)31-19-7-5-10-21-9-1-3-12-25(21)31/h1-4,9,11-17H,5-8,10,18-20,29H2,(H,30,32). The first kappa shape index (κ1) is 23.5. The van der Waals surface area contributed by atoms with Crippen LogP contribution in [0.15, 0.2) is 72.8 Å². The van der Waals surface area contributed by atoms with Gasteiger partial charge in [0, 0.05) is 23.5 Å². The highest BCUT2D eigenvalue weighted by Crippen LogP contribution is 2.28. The Morgan fingerprint density at radius 2 is 1.68 bits per heavy atom. The second-order valence-electron chi connectivity index (χ2n) is 8.41. The van der Waals surface area contributed by atoms with E-state index in [2.05, 4.69) is 11.4 Å². The highest BCUT2D eigenvalue weighted by molar-refractivity contribution is 6.08. The molecule has 1 aliphatic rings. The zero-order chi connectivity index (χ0) is 23.8. The number of carbonyl (C=O) groups excluding carboxylic acids is 2. The van der Waals surface area contributed by atoms with E-state index in [1.165, 1.54) is 5.56 Å². The van der Waals surface area contributed by atoms with Gasteiger partial charge in [0.25, 0.3) is 11.8 Å². The van der Waals surface area contributed by atoms with Gasteiger partial charge >= 0.3 is 0 Å². The summed E-state index contributed by atoms with van der Waals surface area (Å²) < 4.78 is 5.79. The van der Waals surface area contributed by atoms with Crippen molar-refractivity contribution in [2.45, 2.75) is 32.1 Å². The first-order valence-electron chi connectivity index (χ1n) is 11.9. The molecule has 1 heterocycles. The molecular weight excluding hydrogens is 426 g/mol. The molecule has 0 atom stereocenters. The smallest absolute Gasteiger partial charge is 0.259 e. The number of para-hydroxylation sites is 2. The molecule has 0 saturated carbocycles. The van der Waals surface area contributed by atoms with Crippen molar-refractivity contribution >= 4 is 23.2 Å². The number of rotatable bonds is 8. The Kier molecular flexibility index (Phi) is 7.94. The Morgan fingerprint density at radius 1 is 0.912 bits per heavy atom. The minimum atomic E-state index is -0.255. The van der Waals surface area contributed by atoms with Gasteiger partial charge in [-0.2, -0.15) is 0 Å². The summed E-state index contributed by atoms with van der Waals surface area (Å²) >= 11 is 0. The highest BCUT2D eigenvalue weighted by Gasteiger charge is 2.22. The third-order valence-corrected chi connectivity index (χ3v) is 5.98. The Balaban J connectivity index is 1.44.